The molecule has 2 aromatic rings. The predicted octanol–water partition coefficient (Wildman–Crippen LogP) is 1.67. The summed E-state index contributed by atoms with van der Waals surface area (Å²) in [5.74, 6) is 0.159. The molecule has 0 aliphatic carbocycles. The van der Waals surface area contributed by atoms with E-state index in [2.05, 4.69) is 25.9 Å². The van der Waals surface area contributed by atoms with Crippen molar-refractivity contribution in [1.82, 2.24) is 14.4 Å². The summed E-state index contributed by atoms with van der Waals surface area (Å²) in [6.45, 7) is 2.11. The first-order chi connectivity index (χ1) is 7.20. The molecule has 2 heterocycles. The Morgan fingerprint density at radius 3 is 3.13 bits per heavy atom. The number of nitrogens with zero attached hydrogens (tertiary/aromatic N) is 3. The molecule has 0 fully saturated rings. The van der Waals surface area contributed by atoms with Crippen molar-refractivity contribution in [2.75, 3.05) is 6.61 Å². The predicted molar refractivity (Wildman–Crippen MR) is 56.6 cm³/mol. The van der Waals surface area contributed by atoms with E-state index in [4.69, 9.17) is 4.74 Å². The van der Waals surface area contributed by atoms with Crippen molar-refractivity contribution >= 4 is 27.7 Å². The van der Waals surface area contributed by atoms with Gasteiger partial charge in [-0.3, -0.25) is 4.40 Å². The third-order valence-corrected chi connectivity index (χ3v) is 2.17. The van der Waals surface area contributed by atoms with Gasteiger partial charge in [0.2, 0.25) is 5.78 Å². The smallest absolute Gasteiger partial charge is 0.341 e. The molecule has 6 heteroatoms. The van der Waals surface area contributed by atoms with Crippen molar-refractivity contribution in [3.63, 3.8) is 0 Å². The first-order valence-corrected chi connectivity index (χ1v) is 5.17. The fourth-order valence-electron chi connectivity index (χ4n) is 1.18. The molecule has 0 aliphatic rings. The standard InChI is InChI=1S/C9H8BrN3O2/c1-2-15-8(14)6-3-11-9-12-7(10)5-13(9)4-6/h3-5H,2H2,1H3. The van der Waals surface area contributed by atoms with Crippen molar-refractivity contribution in [1.29, 1.82) is 0 Å². The zero-order chi connectivity index (χ0) is 10.8. The molecule has 0 unspecified atom stereocenters. The molecule has 0 radical (unpaired) electrons. The number of fused-ring (bicyclic) bond motifs is 1. The van der Waals surface area contributed by atoms with Gasteiger partial charge in [0, 0.05) is 18.6 Å². The Balaban J connectivity index is 2.41. The number of rotatable bonds is 2. The van der Waals surface area contributed by atoms with Crippen LogP contribution in [0.5, 0.6) is 0 Å². The van der Waals surface area contributed by atoms with E-state index in [1.165, 1.54) is 6.20 Å². The molecule has 78 valence electrons. The lowest BCUT2D eigenvalue weighted by molar-refractivity contribution is 0.0525. The summed E-state index contributed by atoms with van der Waals surface area (Å²) in [5.41, 5.74) is 0.411. The van der Waals surface area contributed by atoms with Crippen molar-refractivity contribution in [3.05, 3.63) is 28.8 Å². The van der Waals surface area contributed by atoms with E-state index in [1.54, 1.807) is 23.7 Å². The van der Waals surface area contributed by atoms with Crippen molar-refractivity contribution in [2.24, 2.45) is 0 Å². The second kappa shape index (κ2) is 3.98. The zero-order valence-electron chi connectivity index (χ0n) is 7.98. The minimum atomic E-state index is -0.378. The van der Waals surface area contributed by atoms with Crippen LogP contribution in [-0.2, 0) is 4.74 Å². The van der Waals surface area contributed by atoms with Crippen molar-refractivity contribution < 1.29 is 9.53 Å². The van der Waals surface area contributed by atoms with E-state index in [-0.39, 0.29) is 5.97 Å². The van der Waals surface area contributed by atoms with E-state index in [0.29, 0.717) is 22.6 Å². The van der Waals surface area contributed by atoms with E-state index in [0.717, 1.165) is 0 Å². The molecule has 2 aromatic heterocycles. The van der Waals surface area contributed by atoms with Gasteiger partial charge in [-0.2, -0.15) is 0 Å². The molecule has 0 aromatic carbocycles. The highest BCUT2D eigenvalue weighted by atomic mass is 79.9. The first kappa shape index (κ1) is 10.1. The summed E-state index contributed by atoms with van der Waals surface area (Å²) in [4.78, 5) is 19.5. The lowest BCUT2D eigenvalue weighted by Gasteiger charge is -2.00. The summed E-state index contributed by atoms with van der Waals surface area (Å²) >= 11 is 3.23. The van der Waals surface area contributed by atoms with Crippen LogP contribution in [0.4, 0.5) is 0 Å². The van der Waals surface area contributed by atoms with E-state index in [9.17, 15) is 4.79 Å². The molecule has 5 nitrogen and oxygen atoms in total. The van der Waals surface area contributed by atoms with Crippen LogP contribution in [0, 0.1) is 0 Å². The third-order valence-electron chi connectivity index (χ3n) is 1.79. The molecule has 0 saturated carbocycles. The maximum absolute atomic E-state index is 11.4. The van der Waals surface area contributed by atoms with Gasteiger partial charge in [0.05, 0.1) is 12.2 Å². The van der Waals surface area contributed by atoms with E-state index < -0.39 is 0 Å². The number of hydrogen-bond acceptors (Lipinski definition) is 4. The van der Waals surface area contributed by atoms with Crippen LogP contribution in [0.25, 0.3) is 5.78 Å². The van der Waals surface area contributed by atoms with Crippen LogP contribution in [0.3, 0.4) is 0 Å². The highest BCUT2D eigenvalue weighted by Gasteiger charge is 2.08. The second-order valence-corrected chi connectivity index (χ2v) is 3.65. The lowest BCUT2D eigenvalue weighted by Crippen LogP contribution is -2.06. The normalized spacial score (nSPS) is 10.5. The van der Waals surface area contributed by atoms with Gasteiger partial charge in [-0.05, 0) is 22.9 Å². The molecule has 0 amide bonds. The molecule has 0 N–H and O–H groups in total. The highest BCUT2D eigenvalue weighted by molar-refractivity contribution is 9.10. The summed E-state index contributed by atoms with van der Waals surface area (Å²) in [6, 6.07) is 0. The van der Waals surface area contributed by atoms with Gasteiger partial charge in [-0.15, -0.1) is 0 Å². The third kappa shape index (κ3) is 1.99. The summed E-state index contributed by atoms with van der Waals surface area (Å²) in [5, 5.41) is 0. The summed E-state index contributed by atoms with van der Waals surface area (Å²) in [7, 11) is 0. The van der Waals surface area contributed by atoms with Crippen molar-refractivity contribution in [3.8, 4) is 0 Å². The minimum Gasteiger partial charge on any atom is -0.462 e. The van der Waals surface area contributed by atoms with Gasteiger partial charge in [-0.25, -0.2) is 14.8 Å². The van der Waals surface area contributed by atoms with Gasteiger partial charge in [0.1, 0.15) is 4.60 Å². The zero-order valence-corrected chi connectivity index (χ0v) is 9.56. The maximum Gasteiger partial charge on any atom is 0.341 e. The average Bonchev–Trinajstić information content (AvgIpc) is 2.57. The molecule has 0 bridgehead atoms. The Morgan fingerprint density at radius 1 is 1.60 bits per heavy atom. The molecular formula is C9H8BrN3O2. The molecule has 0 spiro atoms. The Labute approximate surface area is 94.2 Å². The molecule has 0 aliphatic heterocycles. The quantitative estimate of drug-likeness (QED) is 0.779. The Bertz CT molecular complexity index is 509. The van der Waals surface area contributed by atoms with Gasteiger partial charge < -0.3 is 4.74 Å². The number of carbonyl (C=O) groups excluding carboxylic acids is 1. The second-order valence-electron chi connectivity index (χ2n) is 2.83. The minimum absolute atomic E-state index is 0.352. The molecule has 15 heavy (non-hydrogen) atoms. The highest BCUT2D eigenvalue weighted by Crippen LogP contribution is 2.10. The molecule has 2 rings (SSSR count). The first-order valence-electron chi connectivity index (χ1n) is 4.38. The number of esters is 1. The average molecular weight is 270 g/mol. The fraction of sp³-hybridized carbons (Fsp3) is 0.222. The van der Waals surface area contributed by atoms with Gasteiger partial charge in [0.25, 0.3) is 0 Å². The van der Waals surface area contributed by atoms with Crippen LogP contribution in [-0.4, -0.2) is 26.9 Å². The largest absolute Gasteiger partial charge is 0.462 e. The van der Waals surface area contributed by atoms with E-state index in [1.807, 2.05) is 0 Å². The Morgan fingerprint density at radius 2 is 2.40 bits per heavy atom. The van der Waals surface area contributed by atoms with Crippen LogP contribution in [0.2, 0.25) is 0 Å². The van der Waals surface area contributed by atoms with Crippen LogP contribution < -0.4 is 0 Å². The fourth-order valence-corrected chi connectivity index (χ4v) is 1.55. The number of imidazole rings is 1. The molecular weight excluding hydrogens is 262 g/mol. The lowest BCUT2D eigenvalue weighted by atomic mass is 10.3. The number of ether oxygens (including phenoxy) is 1. The number of aromatic nitrogens is 3. The Hall–Kier alpha value is -1.43. The maximum atomic E-state index is 11.4. The topological polar surface area (TPSA) is 56.5 Å². The van der Waals surface area contributed by atoms with Gasteiger partial charge in [0.15, 0.2) is 0 Å². The van der Waals surface area contributed by atoms with Crippen LogP contribution in [0.15, 0.2) is 23.2 Å². The van der Waals surface area contributed by atoms with Crippen LogP contribution >= 0.6 is 15.9 Å². The molecule has 0 atom stereocenters. The number of hydrogen-bond donors (Lipinski definition) is 0. The van der Waals surface area contributed by atoms with Crippen LogP contribution in [0.1, 0.15) is 17.3 Å². The Kier molecular flexibility index (Phi) is 2.68. The van der Waals surface area contributed by atoms with E-state index >= 15 is 0 Å². The SMILES string of the molecule is CCOC(=O)c1cnc2nc(Br)cn2c1. The summed E-state index contributed by atoms with van der Waals surface area (Å²) in [6.07, 6.45) is 4.82. The van der Waals surface area contributed by atoms with Gasteiger partial charge >= 0.3 is 5.97 Å². The monoisotopic (exact) mass is 269 g/mol. The van der Waals surface area contributed by atoms with Crippen molar-refractivity contribution in [2.45, 2.75) is 6.92 Å². The number of carbonyl (C=O) groups is 1. The molecule has 0 saturated heterocycles. The van der Waals surface area contributed by atoms with Gasteiger partial charge in [-0.1, -0.05) is 0 Å². The summed E-state index contributed by atoms with van der Waals surface area (Å²) < 4.78 is 7.20. The number of halogens is 1.